The number of fused-ring (bicyclic) bond motifs is 1. The van der Waals surface area contributed by atoms with Gasteiger partial charge in [0.25, 0.3) is 0 Å². The van der Waals surface area contributed by atoms with E-state index in [9.17, 15) is 31.1 Å². The number of Topliss-reactive ketones (excluding diaryl/α,β-unsaturated/α-hetero) is 1. The lowest BCUT2D eigenvalue weighted by atomic mass is 9.84. The number of ketones is 1. The first-order chi connectivity index (χ1) is 14.4. The third-order valence-corrected chi connectivity index (χ3v) is 5.59. The second kappa shape index (κ2) is 8.86. The van der Waals surface area contributed by atoms with Crippen molar-refractivity contribution in [3.05, 3.63) is 57.6 Å². The molecule has 1 aromatic rings. The van der Waals surface area contributed by atoms with Crippen molar-refractivity contribution in [2.45, 2.75) is 37.7 Å². The first kappa shape index (κ1) is 23.7. The average Bonchev–Trinajstić information content (AvgIpc) is 2.65. The average molecular weight is 485 g/mol. The summed E-state index contributed by atoms with van der Waals surface area (Å²) in [6.45, 7) is 0.0547. The summed E-state index contributed by atoms with van der Waals surface area (Å²) in [6, 6.07) is 2.52. The van der Waals surface area contributed by atoms with Crippen LogP contribution in [0.4, 0.5) is 26.3 Å². The molecule has 2 unspecified atom stereocenters. The minimum Gasteiger partial charge on any atom is -0.292 e. The van der Waals surface area contributed by atoms with Gasteiger partial charge in [0.15, 0.2) is 5.78 Å². The number of nitrogens with zero attached hydrogens (tertiary/aromatic N) is 2. The molecule has 0 aromatic heterocycles. The van der Waals surface area contributed by atoms with Crippen molar-refractivity contribution < 1.29 is 31.1 Å². The molecular weight excluding hydrogens is 469 g/mol. The number of rotatable bonds is 5. The maximum atomic E-state index is 13.2. The predicted molar refractivity (Wildman–Crippen MR) is 105 cm³/mol. The molecule has 1 aromatic carbocycles. The maximum absolute atomic E-state index is 13.2. The van der Waals surface area contributed by atoms with Crippen LogP contribution in [0, 0.1) is 5.92 Å². The highest BCUT2D eigenvalue weighted by atomic mass is 35.5. The Hall–Kier alpha value is -2.00. The van der Waals surface area contributed by atoms with Crippen molar-refractivity contribution in [3.8, 4) is 0 Å². The first-order valence-corrected chi connectivity index (χ1v) is 10.0. The zero-order valence-electron chi connectivity index (χ0n) is 15.8. The SMILES string of the molecule is O=C1C(c2cccc(C(F)(F)F)c2Cl)=NN(CCCCC(F)(F)F)C2C=C(Cl)C=CC12. The van der Waals surface area contributed by atoms with Crippen LogP contribution in [0.1, 0.15) is 30.4 Å². The summed E-state index contributed by atoms with van der Waals surface area (Å²) in [4.78, 5) is 13.0. The van der Waals surface area contributed by atoms with Crippen LogP contribution in [0.15, 0.2) is 46.6 Å². The van der Waals surface area contributed by atoms with E-state index in [1.165, 1.54) is 23.2 Å². The fourth-order valence-electron chi connectivity index (χ4n) is 3.47. The van der Waals surface area contributed by atoms with Crippen molar-refractivity contribution in [1.29, 1.82) is 0 Å². The van der Waals surface area contributed by atoms with Crippen LogP contribution >= 0.6 is 23.2 Å². The number of hydrogen-bond donors (Lipinski definition) is 0. The highest BCUT2D eigenvalue weighted by molar-refractivity contribution is 6.51. The zero-order chi connectivity index (χ0) is 23.0. The van der Waals surface area contributed by atoms with Crippen molar-refractivity contribution in [2.24, 2.45) is 11.0 Å². The van der Waals surface area contributed by atoms with Gasteiger partial charge in [-0.15, -0.1) is 0 Å². The highest BCUT2D eigenvalue weighted by Gasteiger charge is 2.41. The lowest BCUT2D eigenvalue weighted by Crippen LogP contribution is -2.48. The molecule has 11 heteroatoms. The van der Waals surface area contributed by atoms with Crippen molar-refractivity contribution in [2.75, 3.05) is 6.54 Å². The molecule has 0 saturated carbocycles. The third kappa shape index (κ3) is 5.44. The predicted octanol–water partition coefficient (Wildman–Crippen LogP) is 6.36. The van der Waals surface area contributed by atoms with E-state index in [0.717, 1.165) is 12.1 Å². The zero-order valence-corrected chi connectivity index (χ0v) is 17.3. The summed E-state index contributed by atoms with van der Waals surface area (Å²) in [6.07, 6.45) is -5.51. The number of hydrazone groups is 1. The molecule has 1 heterocycles. The van der Waals surface area contributed by atoms with Crippen LogP contribution in [-0.4, -0.2) is 35.3 Å². The van der Waals surface area contributed by atoms with Crippen LogP contribution in [-0.2, 0) is 11.0 Å². The molecule has 0 N–H and O–H groups in total. The van der Waals surface area contributed by atoms with E-state index < -0.39 is 47.1 Å². The van der Waals surface area contributed by atoms with Gasteiger partial charge in [-0.05, 0) is 31.1 Å². The van der Waals surface area contributed by atoms with E-state index in [4.69, 9.17) is 23.2 Å². The normalized spacial score (nSPS) is 21.7. The van der Waals surface area contributed by atoms with Gasteiger partial charge >= 0.3 is 12.4 Å². The lowest BCUT2D eigenvalue weighted by Gasteiger charge is -2.37. The topological polar surface area (TPSA) is 32.7 Å². The number of unbranched alkanes of at least 4 members (excludes halogenated alkanes) is 1. The third-order valence-electron chi connectivity index (χ3n) is 4.93. The molecule has 168 valence electrons. The van der Waals surface area contributed by atoms with Crippen LogP contribution in [0.25, 0.3) is 0 Å². The fourth-order valence-corrected chi connectivity index (χ4v) is 3.99. The van der Waals surface area contributed by atoms with Gasteiger partial charge in [0, 0.05) is 23.6 Å². The Morgan fingerprint density at radius 2 is 1.77 bits per heavy atom. The highest BCUT2D eigenvalue weighted by Crippen LogP contribution is 2.38. The van der Waals surface area contributed by atoms with Crippen molar-refractivity contribution in [3.63, 3.8) is 0 Å². The summed E-state index contributed by atoms with van der Waals surface area (Å²) in [5.41, 5.74) is -1.57. The second-order valence-electron chi connectivity index (χ2n) is 7.14. The first-order valence-electron chi connectivity index (χ1n) is 9.26. The van der Waals surface area contributed by atoms with Gasteiger partial charge in [0.05, 0.1) is 22.5 Å². The van der Waals surface area contributed by atoms with E-state index in [0.29, 0.717) is 5.03 Å². The van der Waals surface area contributed by atoms with Gasteiger partial charge in [-0.2, -0.15) is 31.4 Å². The van der Waals surface area contributed by atoms with E-state index >= 15 is 0 Å². The Morgan fingerprint density at radius 1 is 1.06 bits per heavy atom. The molecule has 3 rings (SSSR count). The lowest BCUT2D eigenvalue weighted by molar-refractivity contribution is -0.138. The number of allylic oxidation sites excluding steroid dienone is 2. The minimum atomic E-state index is -4.73. The molecule has 31 heavy (non-hydrogen) atoms. The van der Waals surface area contributed by atoms with E-state index in [1.54, 1.807) is 6.08 Å². The smallest absolute Gasteiger partial charge is 0.292 e. The monoisotopic (exact) mass is 484 g/mol. The minimum absolute atomic E-state index is 0.0547. The number of benzene rings is 1. The Bertz CT molecular complexity index is 952. The van der Waals surface area contributed by atoms with Crippen molar-refractivity contribution >= 4 is 34.7 Å². The Balaban J connectivity index is 1.96. The number of carbonyl (C=O) groups is 1. The number of hydrogen-bond acceptors (Lipinski definition) is 3. The summed E-state index contributed by atoms with van der Waals surface area (Å²) in [5, 5.41) is 5.25. The quantitative estimate of drug-likeness (QED) is 0.360. The molecule has 0 saturated heterocycles. The Labute approximate surface area is 184 Å². The number of alkyl halides is 6. The Morgan fingerprint density at radius 3 is 2.42 bits per heavy atom. The second-order valence-corrected chi connectivity index (χ2v) is 7.95. The Kier molecular flexibility index (Phi) is 6.76. The number of carbonyl (C=O) groups excluding carboxylic acids is 1. The summed E-state index contributed by atoms with van der Waals surface area (Å²) in [7, 11) is 0. The molecule has 0 spiro atoms. The molecule has 2 atom stereocenters. The van der Waals surface area contributed by atoms with Crippen LogP contribution in [0.5, 0.6) is 0 Å². The molecule has 3 nitrogen and oxygen atoms in total. The van der Waals surface area contributed by atoms with Gasteiger partial charge < -0.3 is 0 Å². The molecule has 0 fully saturated rings. The van der Waals surface area contributed by atoms with Gasteiger partial charge in [-0.25, -0.2) is 0 Å². The van der Waals surface area contributed by atoms with Crippen LogP contribution in [0.2, 0.25) is 5.02 Å². The number of halogens is 8. The molecule has 0 radical (unpaired) electrons. The fraction of sp³-hybridized carbons (Fsp3) is 0.400. The van der Waals surface area contributed by atoms with E-state index in [1.807, 2.05) is 0 Å². The van der Waals surface area contributed by atoms with Gasteiger partial charge in [0.2, 0.25) is 0 Å². The standard InChI is InChI=1S/C20H16Cl2F6N2O/c21-11-6-7-12-15(10-11)30(9-2-1-8-19(23,24)25)29-17(18(12)31)13-4-3-5-14(16(13)22)20(26,27)28/h3-7,10,12,15H,1-2,8-9H2. The summed E-state index contributed by atoms with van der Waals surface area (Å²) < 4.78 is 77.0. The van der Waals surface area contributed by atoms with Gasteiger partial charge in [-0.3, -0.25) is 9.80 Å². The molecule has 1 aliphatic heterocycles. The van der Waals surface area contributed by atoms with Gasteiger partial charge in [-0.1, -0.05) is 41.4 Å². The van der Waals surface area contributed by atoms with Gasteiger partial charge in [0.1, 0.15) is 5.71 Å². The largest absolute Gasteiger partial charge is 0.417 e. The van der Waals surface area contributed by atoms with Crippen LogP contribution in [0.3, 0.4) is 0 Å². The van der Waals surface area contributed by atoms with Crippen LogP contribution < -0.4 is 0 Å². The molecular formula is C20H16Cl2F6N2O. The maximum Gasteiger partial charge on any atom is 0.417 e. The summed E-state index contributed by atoms with van der Waals surface area (Å²) >= 11 is 12.0. The van der Waals surface area contributed by atoms with Crippen molar-refractivity contribution in [1.82, 2.24) is 5.01 Å². The molecule has 2 aliphatic rings. The molecule has 1 aliphatic carbocycles. The summed E-state index contributed by atoms with van der Waals surface area (Å²) in [5.74, 6) is -1.35. The van der Waals surface area contributed by atoms with E-state index in [2.05, 4.69) is 5.10 Å². The van der Waals surface area contributed by atoms with E-state index in [-0.39, 0.29) is 30.7 Å². The molecule has 0 bridgehead atoms. The molecule has 0 amide bonds.